The number of ether oxygens (including phenoxy) is 1. The Kier molecular flexibility index (Phi) is 4.62. The molecule has 0 saturated carbocycles. The smallest absolute Gasteiger partial charge is 0.287 e. The lowest BCUT2D eigenvalue weighted by atomic mass is 9.97. The summed E-state index contributed by atoms with van der Waals surface area (Å²) in [6.07, 6.45) is 3.21. The van der Waals surface area contributed by atoms with Gasteiger partial charge < -0.3 is 14.5 Å². The number of carbonyl (C=O) groups excluding carboxylic acids is 1. The van der Waals surface area contributed by atoms with Gasteiger partial charge in [0.25, 0.3) is 5.91 Å². The van der Waals surface area contributed by atoms with Gasteiger partial charge in [-0.15, -0.1) is 0 Å². The Labute approximate surface area is 109 Å². The second-order valence-corrected chi connectivity index (χ2v) is 4.99. The van der Waals surface area contributed by atoms with Gasteiger partial charge in [-0.25, -0.2) is 0 Å². The lowest BCUT2D eigenvalue weighted by molar-refractivity contribution is 0.0635. The van der Waals surface area contributed by atoms with Crippen LogP contribution in [0.3, 0.4) is 0 Å². The van der Waals surface area contributed by atoms with Crippen LogP contribution in [0.15, 0.2) is 21.2 Å². The van der Waals surface area contributed by atoms with Crippen LogP contribution >= 0.6 is 15.9 Å². The zero-order valence-electron chi connectivity index (χ0n) is 9.58. The number of amides is 1. The fourth-order valence-corrected chi connectivity index (χ4v) is 2.25. The minimum atomic E-state index is -0.150. The Morgan fingerprint density at radius 3 is 2.82 bits per heavy atom. The molecule has 1 saturated heterocycles. The quantitative estimate of drug-likeness (QED) is 0.930. The van der Waals surface area contributed by atoms with Crippen molar-refractivity contribution in [1.29, 1.82) is 0 Å². The maximum atomic E-state index is 11.6. The van der Waals surface area contributed by atoms with Gasteiger partial charge in [-0.3, -0.25) is 4.79 Å². The maximum absolute atomic E-state index is 11.6. The van der Waals surface area contributed by atoms with Crippen LogP contribution in [0, 0.1) is 5.92 Å². The van der Waals surface area contributed by atoms with Crippen molar-refractivity contribution in [1.82, 2.24) is 5.32 Å². The van der Waals surface area contributed by atoms with Crippen molar-refractivity contribution in [2.75, 3.05) is 19.8 Å². The molecule has 1 amide bonds. The zero-order chi connectivity index (χ0) is 12.1. The molecule has 1 N–H and O–H groups in total. The minimum absolute atomic E-state index is 0.150. The van der Waals surface area contributed by atoms with Crippen molar-refractivity contribution < 1.29 is 13.9 Å². The number of rotatable bonds is 4. The minimum Gasteiger partial charge on any atom is -0.444 e. The lowest BCUT2D eigenvalue weighted by Crippen LogP contribution is -2.27. The van der Waals surface area contributed by atoms with Crippen LogP contribution in [-0.2, 0) is 4.74 Å². The normalized spacial score (nSPS) is 17.0. The first-order valence-corrected chi connectivity index (χ1v) is 6.66. The largest absolute Gasteiger partial charge is 0.444 e. The van der Waals surface area contributed by atoms with Crippen LogP contribution in [-0.4, -0.2) is 25.7 Å². The number of furan rings is 1. The van der Waals surface area contributed by atoms with E-state index in [2.05, 4.69) is 21.2 Å². The van der Waals surface area contributed by atoms with Gasteiger partial charge in [-0.1, -0.05) is 0 Å². The highest BCUT2D eigenvalue weighted by atomic mass is 79.9. The van der Waals surface area contributed by atoms with Crippen LogP contribution in [0.25, 0.3) is 0 Å². The molecule has 0 radical (unpaired) electrons. The third-order valence-electron chi connectivity index (χ3n) is 2.98. The van der Waals surface area contributed by atoms with Crippen LogP contribution in [0.2, 0.25) is 0 Å². The number of hydrogen-bond donors (Lipinski definition) is 1. The summed E-state index contributed by atoms with van der Waals surface area (Å²) in [6, 6.07) is 3.38. The maximum Gasteiger partial charge on any atom is 0.287 e. The molecule has 5 heteroatoms. The first-order chi connectivity index (χ1) is 8.25. The molecule has 0 unspecified atom stereocenters. The Morgan fingerprint density at radius 2 is 2.18 bits per heavy atom. The highest BCUT2D eigenvalue weighted by molar-refractivity contribution is 9.10. The molecule has 0 aromatic carbocycles. The molecule has 1 aromatic rings. The number of carbonyl (C=O) groups is 1. The molecule has 1 fully saturated rings. The molecule has 0 atom stereocenters. The molecule has 4 nitrogen and oxygen atoms in total. The van der Waals surface area contributed by atoms with E-state index in [4.69, 9.17) is 9.15 Å². The predicted molar refractivity (Wildman–Crippen MR) is 66.9 cm³/mol. The summed E-state index contributed by atoms with van der Waals surface area (Å²) in [4.78, 5) is 11.6. The summed E-state index contributed by atoms with van der Waals surface area (Å²) in [5.74, 6) is 0.874. The topological polar surface area (TPSA) is 51.5 Å². The standard InChI is InChI=1S/C12H16BrNO3/c13-11-2-1-10(17-11)12(15)14-6-3-9-4-7-16-8-5-9/h1-2,9H,3-8H2,(H,14,15). The van der Waals surface area contributed by atoms with Gasteiger partial charge in [0.1, 0.15) is 0 Å². The molecule has 0 spiro atoms. The van der Waals surface area contributed by atoms with E-state index in [0.29, 0.717) is 22.9 Å². The van der Waals surface area contributed by atoms with Crippen molar-refractivity contribution in [2.45, 2.75) is 19.3 Å². The monoisotopic (exact) mass is 301 g/mol. The zero-order valence-corrected chi connectivity index (χ0v) is 11.2. The number of nitrogens with one attached hydrogen (secondary N) is 1. The summed E-state index contributed by atoms with van der Waals surface area (Å²) < 4.78 is 11.0. The molecule has 94 valence electrons. The third kappa shape index (κ3) is 3.85. The van der Waals surface area contributed by atoms with Gasteiger partial charge in [0, 0.05) is 19.8 Å². The molecule has 1 aromatic heterocycles. The summed E-state index contributed by atoms with van der Waals surface area (Å²) in [7, 11) is 0. The van der Waals surface area contributed by atoms with Gasteiger partial charge in [0.05, 0.1) is 0 Å². The number of halogens is 1. The van der Waals surface area contributed by atoms with E-state index in [1.165, 1.54) is 0 Å². The molecule has 0 aliphatic carbocycles. The van der Waals surface area contributed by atoms with Gasteiger partial charge in [0.2, 0.25) is 0 Å². The van der Waals surface area contributed by atoms with Crippen molar-refractivity contribution in [3.63, 3.8) is 0 Å². The Hall–Kier alpha value is -0.810. The molecule has 1 aliphatic rings. The second-order valence-electron chi connectivity index (χ2n) is 4.20. The number of hydrogen-bond acceptors (Lipinski definition) is 3. The van der Waals surface area contributed by atoms with Crippen molar-refractivity contribution >= 4 is 21.8 Å². The van der Waals surface area contributed by atoms with Crippen LogP contribution in [0.5, 0.6) is 0 Å². The molecule has 1 aliphatic heterocycles. The molecule has 17 heavy (non-hydrogen) atoms. The highest BCUT2D eigenvalue weighted by Crippen LogP contribution is 2.18. The SMILES string of the molecule is O=C(NCCC1CCOCC1)c1ccc(Br)o1. The molecular formula is C12H16BrNO3. The average Bonchev–Trinajstić information content (AvgIpc) is 2.77. The average molecular weight is 302 g/mol. The summed E-state index contributed by atoms with van der Waals surface area (Å²) in [6.45, 7) is 2.40. The van der Waals surface area contributed by atoms with Crippen LogP contribution in [0.1, 0.15) is 29.8 Å². The van der Waals surface area contributed by atoms with E-state index in [-0.39, 0.29) is 5.91 Å². The van der Waals surface area contributed by atoms with E-state index < -0.39 is 0 Å². The highest BCUT2D eigenvalue weighted by Gasteiger charge is 2.15. The molecule has 2 rings (SSSR count). The Balaban J connectivity index is 1.69. The van der Waals surface area contributed by atoms with E-state index in [9.17, 15) is 4.79 Å². The summed E-state index contributed by atoms with van der Waals surface area (Å²) >= 11 is 3.17. The van der Waals surface area contributed by atoms with Crippen molar-refractivity contribution in [3.8, 4) is 0 Å². The van der Waals surface area contributed by atoms with Crippen LogP contribution in [0.4, 0.5) is 0 Å². The molecule has 0 bridgehead atoms. The van der Waals surface area contributed by atoms with Gasteiger partial charge in [0.15, 0.2) is 10.4 Å². The predicted octanol–water partition coefficient (Wildman–Crippen LogP) is 2.59. The first kappa shape index (κ1) is 12.6. The van der Waals surface area contributed by atoms with Gasteiger partial charge in [-0.2, -0.15) is 0 Å². The van der Waals surface area contributed by atoms with E-state index in [0.717, 1.165) is 32.5 Å². The van der Waals surface area contributed by atoms with Gasteiger partial charge in [-0.05, 0) is 53.2 Å². The fourth-order valence-electron chi connectivity index (χ4n) is 1.95. The lowest BCUT2D eigenvalue weighted by Gasteiger charge is -2.21. The van der Waals surface area contributed by atoms with Crippen molar-refractivity contribution in [3.05, 3.63) is 22.6 Å². The Bertz CT molecular complexity index is 372. The first-order valence-electron chi connectivity index (χ1n) is 5.87. The van der Waals surface area contributed by atoms with E-state index >= 15 is 0 Å². The van der Waals surface area contributed by atoms with Gasteiger partial charge >= 0.3 is 0 Å². The molecular weight excluding hydrogens is 286 g/mol. The van der Waals surface area contributed by atoms with E-state index in [1.807, 2.05) is 0 Å². The fraction of sp³-hybridized carbons (Fsp3) is 0.583. The van der Waals surface area contributed by atoms with Crippen LogP contribution < -0.4 is 5.32 Å². The molecule has 2 heterocycles. The second kappa shape index (κ2) is 6.21. The summed E-state index contributed by atoms with van der Waals surface area (Å²) in [5, 5.41) is 2.87. The Morgan fingerprint density at radius 1 is 1.41 bits per heavy atom. The third-order valence-corrected chi connectivity index (χ3v) is 3.40. The summed E-state index contributed by atoms with van der Waals surface area (Å²) in [5.41, 5.74) is 0. The van der Waals surface area contributed by atoms with Crippen molar-refractivity contribution in [2.24, 2.45) is 5.92 Å². The van der Waals surface area contributed by atoms with E-state index in [1.54, 1.807) is 12.1 Å².